The number of methoxy groups -OCH3 is 1. The van der Waals surface area contributed by atoms with E-state index in [2.05, 4.69) is 21.3 Å². The summed E-state index contributed by atoms with van der Waals surface area (Å²) in [6.45, 7) is 1.89. The lowest BCUT2D eigenvalue weighted by Crippen LogP contribution is -1.95. The molecular formula is C11H10N3O. The fraction of sp³-hybridized carbons (Fsp3) is 0.182. The third-order valence-electron chi connectivity index (χ3n) is 2.10. The lowest BCUT2D eigenvalue weighted by atomic mass is 10.1. The van der Waals surface area contributed by atoms with E-state index in [0.29, 0.717) is 0 Å². The summed E-state index contributed by atoms with van der Waals surface area (Å²) in [5, 5.41) is 0. The first kappa shape index (κ1) is 9.58. The molecule has 0 saturated heterocycles. The van der Waals surface area contributed by atoms with Gasteiger partial charge in [-0.3, -0.25) is 4.98 Å². The number of aryl methyl sites for hydroxylation is 1. The molecule has 0 bridgehead atoms. The van der Waals surface area contributed by atoms with Crippen molar-refractivity contribution in [2.24, 2.45) is 0 Å². The Kier molecular flexibility index (Phi) is 2.58. The molecule has 2 aromatic heterocycles. The van der Waals surface area contributed by atoms with Gasteiger partial charge in [-0.25, -0.2) is 9.97 Å². The molecule has 0 aromatic carbocycles. The van der Waals surface area contributed by atoms with Gasteiger partial charge in [0.25, 0.3) is 0 Å². The Morgan fingerprint density at radius 2 is 2.27 bits per heavy atom. The van der Waals surface area contributed by atoms with Crippen LogP contribution in [0.1, 0.15) is 5.69 Å². The molecule has 0 spiro atoms. The molecule has 4 heteroatoms. The summed E-state index contributed by atoms with van der Waals surface area (Å²) in [5.74, 6) is 0.718. The van der Waals surface area contributed by atoms with E-state index in [4.69, 9.17) is 4.74 Å². The van der Waals surface area contributed by atoms with E-state index in [1.54, 1.807) is 19.5 Å². The zero-order chi connectivity index (χ0) is 10.7. The van der Waals surface area contributed by atoms with Gasteiger partial charge in [0.1, 0.15) is 11.4 Å². The number of pyridine rings is 1. The van der Waals surface area contributed by atoms with Crippen molar-refractivity contribution in [2.75, 3.05) is 7.11 Å². The molecule has 0 aliphatic carbocycles. The molecule has 0 unspecified atom stereocenters. The van der Waals surface area contributed by atoms with Crippen LogP contribution < -0.4 is 4.74 Å². The highest BCUT2D eigenvalue weighted by atomic mass is 16.5. The van der Waals surface area contributed by atoms with Gasteiger partial charge in [0.2, 0.25) is 0 Å². The summed E-state index contributed by atoms with van der Waals surface area (Å²) in [4.78, 5) is 12.1. The molecule has 2 rings (SSSR count). The van der Waals surface area contributed by atoms with E-state index < -0.39 is 0 Å². The highest BCUT2D eigenvalue weighted by Crippen LogP contribution is 2.27. The predicted octanol–water partition coefficient (Wildman–Crippen LogP) is 1.66. The van der Waals surface area contributed by atoms with Crippen molar-refractivity contribution in [3.8, 4) is 17.0 Å². The van der Waals surface area contributed by atoms with Crippen molar-refractivity contribution < 1.29 is 4.74 Å². The molecule has 75 valence electrons. The molecule has 2 heterocycles. The first-order valence-electron chi connectivity index (χ1n) is 4.52. The first-order valence-corrected chi connectivity index (χ1v) is 4.52. The molecule has 0 fully saturated rings. The Morgan fingerprint density at radius 3 is 3.00 bits per heavy atom. The second-order valence-corrected chi connectivity index (χ2v) is 3.02. The summed E-state index contributed by atoms with van der Waals surface area (Å²) in [6, 6.07) is 3.69. The molecule has 0 aliphatic heterocycles. The van der Waals surface area contributed by atoms with Gasteiger partial charge in [0, 0.05) is 18.0 Å². The fourth-order valence-corrected chi connectivity index (χ4v) is 1.34. The van der Waals surface area contributed by atoms with E-state index in [1.165, 1.54) is 0 Å². The Bertz CT molecular complexity index is 471. The quantitative estimate of drug-likeness (QED) is 0.739. The lowest BCUT2D eigenvalue weighted by Gasteiger charge is -2.07. The molecule has 0 saturated carbocycles. The minimum absolute atomic E-state index is 0.718. The van der Waals surface area contributed by atoms with Crippen molar-refractivity contribution in [3.05, 3.63) is 36.5 Å². The van der Waals surface area contributed by atoms with Crippen LogP contribution in [0.5, 0.6) is 5.75 Å². The molecule has 0 N–H and O–H groups in total. The minimum atomic E-state index is 0.718. The van der Waals surface area contributed by atoms with Crippen LogP contribution in [0.3, 0.4) is 0 Å². The minimum Gasteiger partial charge on any atom is -0.494 e. The maximum Gasteiger partial charge on any atom is 0.197 e. The monoisotopic (exact) mass is 200 g/mol. The average molecular weight is 200 g/mol. The van der Waals surface area contributed by atoms with Gasteiger partial charge >= 0.3 is 0 Å². The number of ether oxygens (including phenoxy) is 1. The summed E-state index contributed by atoms with van der Waals surface area (Å²) in [6.07, 6.45) is 5.94. The van der Waals surface area contributed by atoms with Gasteiger partial charge < -0.3 is 4.74 Å². The van der Waals surface area contributed by atoms with Crippen LogP contribution in [0.4, 0.5) is 0 Å². The SMILES string of the molecule is COc1cccnc1-c1cn[c]nc1C. The van der Waals surface area contributed by atoms with Crippen molar-refractivity contribution in [1.29, 1.82) is 0 Å². The van der Waals surface area contributed by atoms with E-state index in [1.807, 2.05) is 19.1 Å². The Morgan fingerprint density at radius 1 is 1.40 bits per heavy atom. The highest BCUT2D eigenvalue weighted by molar-refractivity contribution is 5.66. The van der Waals surface area contributed by atoms with Crippen LogP contribution >= 0.6 is 0 Å². The first-order chi connectivity index (χ1) is 7.33. The van der Waals surface area contributed by atoms with Gasteiger partial charge in [-0.15, -0.1) is 0 Å². The van der Waals surface area contributed by atoms with Crippen LogP contribution in [0.25, 0.3) is 11.3 Å². The van der Waals surface area contributed by atoms with Crippen molar-refractivity contribution in [3.63, 3.8) is 0 Å². The fourth-order valence-electron chi connectivity index (χ4n) is 1.34. The maximum absolute atomic E-state index is 5.23. The lowest BCUT2D eigenvalue weighted by molar-refractivity contribution is 0.414. The number of aromatic nitrogens is 3. The number of hydrogen-bond donors (Lipinski definition) is 0. The third kappa shape index (κ3) is 1.79. The zero-order valence-corrected chi connectivity index (χ0v) is 8.56. The summed E-state index contributed by atoms with van der Waals surface area (Å²) in [5.41, 5.74) is 2.46. The van der Waals surface area contributed by atoms with Crippen LogP contribution in [0, 0.1) is 13.3 Å². The van der Waals surface area contributed by atoms with Gasteiger partial charge in [-0.1, -0.05) is 0 Å². The highest BCUT2D eigenvalue weighted by Gasteiger charge is 2.09. The average Bonchev–Trinajstić information content (AvgIpc) is 2.30. The largest absolute Gasteiger partial charge is 0.494 e. The topological polar surface area (TPSA) is 47.9 Å². The van der Waals surface area contributed by atoms with Crippen LogP contribution in [-0.4, -0.2) is 22.1 Å². The molecule has 0 aliphatic rings. The van der Waals surface area contributed by atoms with Crippen molar-refractivity contribution >= 4 is 0 Å². The van der Waals surface area contributed by atoms with E-state index in [0.717, 1.165) is 22.7 Å². The third-order valence-corrected chi connectivity index (χ3v) is 2.10. The van der Waals surface area contributed by atoms with Gasteiger partial charge in [-0.05, 0) is 19.1 Å². The number of rotatable bonds is 2. The van der Waals surface area contributed by atoms with Crippen LogP contribution in [-0.2, 0) is 0 Å². The summed E-state index contributed by atoms with van der Waals surface area (Å²) >= 11 is 0. The van der Waals surface area contributed by atoms with E-state index in [-0.39, 0.29) is 0 Å². The van der Waals surface area contributed by atoms with E-state index >= 15 is 0 Å². The van der Waals surface area contributed by atoms with Crippen LogP contribution in [0.2, 0.25) is 0 Å². The Labute approximate surface area is 88.0 Å². The molecule has 15 heavy (non-hydrogen) atoms. The summed E-state index contributed by atoms with van der Waals surface area (Å²) in [7, 11) is 1.62. The second-order valence-electron chi connectivity index (χ2n) is 3.02. The number of hydrogen-bond acceptors (Lipinski definition) is 4. The summed E-state index contributed by atoms with van der Waals surface area (Å²) < 4.78 is 5.23. The molecular weight excluding hydrogens is 190 g/mol. The number of nitrogens with zero attached hydrogens (tertiary/aromatic N) is 3. The molecule has 4 nitrogen and oxygen atoms in total. The Balaban J connectivity index is 2.59. The standard InChI is InChI=1S/C11H10N3O/c1-8-9(6-12-7-14-8)11-10(15-2)4-3-5-13-11/h3-6H,1-2H3. The molecule has 0 atom stereocenters. The van der Waals surface area contributed by atoms with E-state index in [9.17, 15) is 0 Å². The molecule has 0 amide bonds. The van der Waals surface area contributed by atoms with Gasteiger partial charge in [0.05, 0.1) is 12.8 Å². The van der Waals surface area contributed by atoms with Crippen molar-refractivity contribution in [2.45, 2.75) is 6.92 Å². The van der Waals surface area contributed by atoms with Gasteiger partial charge in [-0.2, -0.15) is 0 Å². The maximum atomic E-state index is 5.23. The molecule has 1 radical (unpaired) electrons. The van der Waals surface area contributed by atoms with Gasteiger partial charge in [0.15, 0.2) is 6.33 Å². The smallest absolute Gasteiger partial charge is 0.197 e. The molecule has 2 aromatic rings. The Hall–Kier alpha value is -1.97. The predicted molar refractivity (Wildman–Crippen MR) is 55.4 cm³/mol. The normalized spacial score (nSPS) is 10.0. The second kappa shape index (κ2) is 4.04. The zero-order valence-electron chi connectivity index (χ0n) is 8.56. The van der Waals surface area contributed by atoms with Crippen LogP contribution in [0.15, 0.2) is 24.5 Å². The van der Waals surface area contributed by atoms with Crippen molar-refractivity contribution in [1.82, 2.24) is 15.0 Å².